The van der Waals surface area contributed by atoms with Crippen molar-refractivity contribution in [1.82, 2.24) is 9.61 Å². The highest BCUT2D eigenvalue weighted by molar-refractivity contribution is 5.97. The predicted octanol–water partition coefficient (Wildman–Crippen LogP) is 1.35. The summed E-state index contributed by atoms with van der Waals surface area (Å²) < 4.78 is 6.57. The van der Waals surface area contributed by atoms with E-state index in [1.807, 2.05) is 0 Å². The maximum absolute atomic E-state index is 11.0. The van der Waals surface area contributed by atoms with E-state index in [1.54, 1.807) is 25.1 Å². The van der Waals surface area contributed by atoms with Gasteiger partial charge < -0.3 is 9.84 Å². The Balaban J connectivity index is 2.84. The number of nitrogens with zero attached hydrogens (tertiary/aromatic N) is 2. The van der Waals surface area contributed by atoms with Gasteiger partial charge in [0.25, 0.3) is 0 Å². The zero-order chi connectivity index (χ0) is 11.0. The molecule has 15 heavy (non-hydrogen) atoms. The summed E-state index contributed by atoms with van der Waals surface area (Å²) in [6, 6.07) is 5.17. The Hall–Kier alpha value is -2.04. The van der Waals surface area contributed by atoms with E-state index in [-0.39, 0.29) is 5.56 Å². The monoisotopic (exact) mass is 206 g/mol. The van der Waals surface area contributed by atoms with Crippen LogP contribution in [0.1, 0.15) is 16.1 Å². The molecule has 0 aromatic carbocycles. The fourth-order valence-electron chi connectivity index (χ4n) is 1.58. The van der Waals surface area contributed by atoms with Crippen molar-refractivity contribution in [2.45, 2.75) is 6.92 Å². The average Bonchev–Trinajstić information content (AvgIpc) is 2.53. The lowest BCUT2D eigenvalue weighted by Gasteiger charge is -2.01. The summed E-state index contributed by atoms with van der Waals surface area (Å²) in [7, 11) is 1.52. The van der Waals surface area contributed by atoms with Crippen molar-refractivity contribution in [1.29, 1.82) is 0 Å². The lowest BCUT2D eigenvalue weighted by Crippen LogP contribution is -1.98. The number of hydrogen-bond acceptors (Lipinski definition) is 3. The third-order valence-electron chi connectivity index (χ3n) is 2.22. The molecular formula is C10H10N2O3. The summed E-state index contributed by atoms with van der Waals surface area (Å²) in [5.41, 5.74) is 1.24. The van der Waals surface area contributed by atoms with Crippen LogP contribution in [-0.4, -0.2) is 27.8 Å². The van der Waals surface area contributed by atoms with Gasteiger partial charge in [0.2, 0.25) is 5.88 Å². The molecule has 78 valence electrons. The van der Waals surface area contributed by atoms with E-state index in [4.69, 9.17) is 9.84 Å². The number of carboxylic acid groups (broad SMARTS) is 1. The number of aromatic nitrogens is 2. The topological polar surface area (TPSA) is 63.8 Å². The SMILES string of the molecule is COc1cccc2c(C(=O)O)c(C)nn12. The van der Waals surface area contributed by atoms with E-state index < -0.39 is 5.97 Å². The molecule has 0 bridgehead atoms. The summed E-state index contributed by atoms with van der Waals surface area (Å²) in [6.07, 6.45) is 0. The zero-order valence-electron chi connectivity index (χ0n) is 8.39. The van der Waals surface area contributed by atoms with Gasteiger partial charge in [-0.3, -0.25) is 0 Å². The van der Waals surface area contributed by atoms with Gasteiger partial charge in [-0.15, -0.1) is 0 Å². The Morgan fingerprint density at radius 1 is 1.53 bits per heavy atom. The van der Waals surface area contributed by atoms with E-state index in [9.17, 15) is 4.79 Å². The summed E-state index contributed by atoms with van der Waals surface area (Å²) in [6.45, 7) is 1.66. The maximum atomic E-state index is 11.0. The van der Waals surface area contributed by atoms with E-state index >= 15 is 0 Å². The highest BCUT2D eigenvalue weighted by Crippen LogP contribution is 2.20. The van der Waals surface area contributed by atoms with Gasteiger partial charge in [-0.2, -0.15) is 9.61 Å². The van der Waals surface area contributed by atoms with Crippen LogP contribution >= 0.6 is 0 Å². The van der Waals surface area contributed by atoms with Gasteiger partial charge >= 0.3 is 5.97 Å². The smallest absolute Gasteiger partial charge is 0.339 e. The molecule has 0 saturated carbocycles. The molecule has 0 amide bonds. The normalized spacial score (nSPS) is 10.5. The van der Waals surface area contributed by atoms with Gasteiger partial charge in [-0.05, 0) is 13.0 Å². The minimum absolute atomic E-state index is 0.217. The zero-order valence-corrected chi connectivity index (χ0v) is 8.39. The molecule has 0 aliphatic carbocycles. The second-order valence-corrected chi connectivity index (χ2v) is 3.13. The summed E-state index contributed by atoms with van der Waals surface area (Å²) >= 11 is 0. The molecule has 5 nitrogen and oxygen atoms in total. The van der Waals surface area contributed by atoms with Gasteiger partial charge in [0.15, 0.2) is 0 Å². The molecule has 0 atom stereocenters. The molecule has 0 fully saturated rings. The Kier molecular flexibility index (Phi) is 2.07. The number of ether oxygens (including phenoxy) is 1. The van der Waals surface area contributed by atoms with Crippen molar-refractivity contribution in [3.8, 4) is 5.88 Å². The molecule has 0 aliphatic rings. The van der Waals surface area contributed by atoms with Crippen LogP contribution in [0.2, 0.25) is 0 Å². The van der Waals surface area contributed by atoms with Crippen LogP contribution in [0.3, 0.4) is 0 Å². The van der Waals surface area contributed by atoms with Crippen LogP contribution in [0.5, 0.6) is 5.88 Å². The summed E-state index contributed by atoms with van der Waals surface area (Å²) in [5, 5.41) is 13.1. The van der Waals surface area contributed by atoms with Crippen molar-refractivity contribution in [2.75, 3.05) is 7.11 Å². The van der Waals surface area contributed by atoms with Gasteiger partial charge in [0.1, 0.15) is 5.56 Å². The van der Waals surface area contributed by atoms with Gasteiger partial charge in [0, 0.05) is 6.07 Å². The second kappa shape index (κ2) is 3.27. The molecular weight excluding hydrogens is 196 g/mol. The molecule has 0 saturated heterocycles. The maximum Gasteiger partial charge on any atom is 0.339 e. The molecule has 2 aromatic heterocycles. The van der Waals surface area contributed by atoms with E-state index in [0.717, 1.165) is 0 Å². The highest BCUT2D eigenvalue weighted by Gasteiger charge is 2.17. The number of pyridine rings is 1. The van der Waals surface area contributed by atoms with E-state index in [0.29, 0.717) is 17.1 Å². The molecule has 1 N–H and O–H groups in total. The third-order valence-corrected chi connectivity index (χ3v) is 2.22. The minimum atomic E-state index is -0.976. The number of aryl methyl sites for hydroxylation is 1. The Morgan fingerprint density at radius 2 is 2.27 bits per heavy atom. The quantitative estimate of drug-likeness (QED) is 0.805. The molecule has 5 heteroatoms. The first-order valence-electron chi connectivity index (χ1n) is 4.40. The van der Waals surface area contributed by atoms with Gasteiger partial charge in [-0.1, -0.05) is 6.07 Å². The summed E-state index contributed by atoms with van der Waals surface area (Å²) in [4.78, 5) is 11.0. The molecule has 2 heterocycles. The second-order valence-electron chi connectivity index (χ2n) is 3.13. The molecule has 0 aliphatic heterocycles. The largest absolute Gasteiger partial charge is 0.481 e. The number of rotatable bonds is 2. The first-order chi connectivity index (χ1) is 7.15. The van der Waals surface area contributed by atoms with Gasteiger partial charge in [-0.25, -0.2) is 4.79 Å². The Labute approximate surface area is 85.9 Å². The van der Waals surface area contributed by atoms with Crippen LogP contribution in [0.25, 0.3) is 5.52 Å². The molecule has 2 rings (SSSR count). The summed E-state index contributed by atoms with van der Waals surface area (Å²) in [5.74, 6) is -0.459. The van der Waals surface area contributed by atoms with Gasteiger partial charge in [0.05, 0.1) is 18.3 Å². The van der Waals surface area contributed by atoms with Crippen molar-refractivity contribution >= 4 is 11.5 Å². The lowest BCUT2D eigenvalue weighted by atomic mass is 10.2. The standard InChI is InChI=1S/C10H10N2O3/c1-6-9(10(13)14)7-4-3-5-8(15-2)12(7)11-6/h3-5H,1-2H3,(H,13,14). The number of aromatic carboxylic acids is 1. The fraction of sp³-hybridized carbons (Fsp3) is 0.200. The van der Waals surface area contributed by atoms with Crippen LogP contribution < -0.4 is 4.74 Å². The van der Waals surface area contributed by atoms with Crippen molar-refractivity contribution < 1.29 is 14.6 Å². The van der Waals surface area contributed by atoms with Crippen LogP contribution in [0.4, 0.5) is 0 Å². The van der Waals surface area contributed by atoms with Crippen LogP contribution in [0, 0.1) is 6.92 Å². The first-order valence-corrected chi connectivity index (χ1v) is 4.40. The van der Waals surface area contributed by atoms with E-state index in [2.05, 4.69) is 5.10 Å². The number of carbonyl (C=O) groups is 1. The average molecular weight is 206 g/mol. The van der Waals surface area contributed by atoms with Crippen LogP contribution in [-0.2, 0) is 0 Å². The predicted molar refractivity (Wildman–Crippen MR) is 53.4 cm³/mol. The third kappa shape index (κ3) is 1.32. The number of carboxylic acids is 1. The van der Waals surface area contributed by atoms with Crippen LogP contribution in [0.15, 0.2) is 18.2 Å². The number of hydrogen-bond donors (Lipinski definition) is 1. The fourth-order valence-corrected chi connectivity index (χ4v) is 1.58. The highest BCUT2D eigenvalue weighted by atomic mass is 16.5. The minimum Gasteiger partial charge on any atom is -0.481 e. The van der Waals surface area contributed by atoms with Crippen molar-refractivity contribution in [3.63, 3.8) is 0 Å². The van der Waals surface area contributed by atoms with Crippen molar-refractivity contribution in [2.24, 2.45) is 0 Å². The lowest BCUT2D eigenvalue weighted by molar-refractivity contribution is 0.0698. The van der Waals surface area contributed by atoms with E-state index in [1.165, 1.54) is 11.6 Å². The molecule has 2 aromatic rings. The Bertz CT molecular complexity index is 531. The Morgan fingerprint density at radius 3 is 2.87 bits per heavy atom. The molecule has 0 spiro atoms. The van der Waals surface area contributed by atoms with Crippen molar-refractivity contribution in [3.05, 3.63) is 29.5 Å². The molecule has 0 unspecified atom stereocenters. The number of fused-ring (bicyclic) bond motifs is 1. The number of methoxy groups -OCH3 is 1. The first kappa shape index (κ1) is 9.51. The molecule has 0 radical (unpaired) electrons.